The summed E-state index contributed by atoms with van der Waals surface area (Å²) < 4.78 is 5.31. The zero-order valence-electron chi connectivity index (χ0n) is 21.2. The van der Waals surface area contributed by atoms with Crippen LogP contribution in [0.25, 0.3) is 0 Å². The van der Waals surface area contributed by atoms with Crippen LogP contribution in [0.4, 0.5) is 0 Å². The van der Waals surface area contributed by atoms with Crippen molar-refractivity contribution in [1.82, 2.24) is 9.80 Å². The lowest BCUT2D eigenvalue weighted by Crippen LogP contribution is -2.64. The number of phenols is 1. The Morgan fingerprint density at radius 2 is 1.71 bits per heavy atom. The summed E-state index contributed by atoms with van der Waals surface area (Å²) in [4.78, 5) is 31.0. The molecule has 2 aromatic rings. The normalized spacial score (nSPS) is 27.0. The van der Waals surface area contributed by atoms with Crippen LogP contribution >= 0.6 is 0 Å². The Hall–Kier alpha value is -2.86. The molecule has 2 bridgehead atoms. The maximum Gasteiger partial charge on any atom is 0.254 e. The molecule has 3 atom stereocenters. The maximum absolute atomic E-state index is 13.9. The quantitative estimate of drug-likeness (QED) is 0.710. The molecular formula is C29H36N2O4. The number of hydrogen-bond acceptors (Lipinski definition) is 4. The largest absolute Gasteiger partial charge is 0.508 e. The van der Waals surface area contributed by atoms with Crippen LogP contribution in [-0.4, -0.2) is 65.6 Å². The lowest BCUT2D eigenvalue weighted by atomic mass is 9.51. The van der Waals surface area contributed by atoms with Crippen molar-refractivity contribution >= 4 is 11.8 Å². The monoisotopic (exact) mass is 476 g/mol. The van der Waals surface area contributed by atoms with E-state index in [1.165, 1.54) is 5.56 Å². The van der Waals surface area contributed by atoms with E-state index in [0.717, 1.165) is 31.4 Å². The number of rotatable bonds is 4. The van der Waals surface area contributed by atoms with Crippen molar-refractivity contribution in [3.05, 3.63) is 64.7 Å². The fourth-order valence-corrected chi connectivity index (χ4v) is 6.75. The third-order valence-electron chi connectivity index (χ3n) is 9.24. The predicted octanol–water partition coefficient (Wildman–Crippen LogP) is 4.40. The van der Waals surface area contributed by atoms with E-state index in [0.29, 0.717) is 36.4 Å². The van der Waals surface area contributed by atoms with Crippen molar-refractivity contribution in [2.45, 2.75) is 64.0 Å². The van der Waals surface area contributed by atoms with Crippen molar-refractivity contribution in [3.63, 3.8) is 0 Å². The van der Waals surface area contributed by atoms with Gasteiger partial charge in [-0.3, -0.25) is 9.59 Å². The van der Waals surface area contributed by atoms with Gasteiger partial charge in [0.1, 0.15) is 5.75 Å². The second-order valence-corrected chi connectivity index (χ2v) is 11.2. The van der Waals surface area contributed by atoms with E-state index in [1.807, 2.05) is 28.0 Å². The van der Waals surface area contributed by atoms with Gasteiger partial charge in [0.05, 0.1) is 12.6 Å². The molecular weight excluding hydrogens is 440 g/mol. The summed E-state index contributed by atoms with van der Waals surface area (Å²) in [6.07, 6.45) is 3.36. The highest BCUT2D eigenvalue weighted by Crippen LogP contribution is 2.57. The fourth-order valence-electron chi connectivity index (χ4n) is 6.75. The number of carbonyl (C=O) groups is 2. The Morgan fingerprint density at radius 1 is 1.03 bits per heavy atom. The highest BCUT2D eigenvalue weighted by molar-refractivity contribution is 6.00. The fraction of sp³-hybridized carbons (Fsp3) is 0.517. The summed E-state index contributed by atoms with van der Waals surface area (Å²) in [6.45, 7) is 8.65. The van der Waals surface area contributed by atoms with Crippen LogP contribution in [0.15, 0.2) is 42.5 Å². The van der Waals surface area contributed by atoms with Gasteiger partial charge in [-0.2, -0.15) is 0 Å². The number of benzene rings is 2. The number of aromatic hydroxyl groups is 1. The smallest absolute Gasteiger partial charge is 0.254 e. The molecule has 6 nitrogen and oxygen atoms in total. The van der Waals surface area contributed by atoms with Gasteiger partial charge >= 0.3 is 0 Å². The first-order valence-corrected chi connectivity index (χ1v) is 12.7. The molecule has 2 saturated heterocycles. The van der Waals surface area contributed by atoms with Crippen molar-refractivity contribution in [3.8, 4) is 5.75 Å². The number of phenolic OH excluding ortho intramolecular Hbond substituents is 1. The summed E-state index contributed by atoms with van der Waals surface area (Å²) in [7, 11) is 1.66. The molecule has 0 spiro atoms. The van der Waals surface area contributed by atoms with Gasteiger partial charge in [0, 0.05) is 42.8 Å². The Kier molecular flexibility index (Phi) is 5.91. The molecule has 2 aromatic carbocycles. The van der Waals surface area contributed by atoms with Crippen LogP contribution < -0.4 is 0 Å². The van der Waals surface area contributed by atoms with E-state index in [2.05, 4.69) is 26.8 Å². The number of fused-ring (bicyclic) bond motifs is 4. The minimum Gasteiger partial charge on any atom is -0.508 e. The Balaban J connectivity index is 1.44. The van der Waals surface area contributed by atoms with Crippen LogP contribution in [0.5, 0.6) is 5.75 Å². The average molecular weight is 477 g/mol. The number of methoxy groups -OCH3 is 1. The minimum atomic E-state index is -0.169. The van der Waals surface area contributed by atoms with Crippen molar-refractivity contribution in [2.75, 3.05) is 26.8 Å². The Labute approximate surface area is 207 Å². The predicted molar refractivity (Wildman–Crippen MR) is 135 cm³/mol. The molecule has 1 aliphatic carbocycles. The van der Waals surface area contributed by atoms with E-state index < -0.39 is 0 Å². The molecule has 35 heavy (non-hydrogen) atoms. The number of piperidine rings is 1. The van der Waals surface area contributed by atoms with Crippen LogP contribution in [0.1, 0.15) is 71.9 Å². The van der Waals surface area contributed by atoms with Gasteiger partial charge in [-0.05, 0) is 66.5 Å². The van der Waals surface area contributed by atoms with E-state index in [4.69, 9.17) is 4.74 Å². The number of amides is 2. The molecule has 0 radical (unpaired) electrons. The van der Waals surface area contributed by atoms with Gasteiger partial charge in [0.15, 0.2) is 0 Å². The van der Waals surface area contributed by atoms with Gasteiger partial charge in [-0.25, -0.2) is 0 Å². The van der Waals surface area contributed by atoms with Gasteiger partial charge < -0.3 is 19.6 Å². The highest BCUT2D eigenvalue weighted by Gasteiger charge is 2.57. The second kappa shape index (κ2) is 8.66. The molecule has 2 amide bonds. The first-order valence-electron chi connectivity index (χ1n) is 12.7. The Bertz CT molecular complexity index is 1160. The molecule has 1 N–H and O–H groups in total. The molecule has 6 heteroatoms. The van der Waals surface area contributed by atoms with Crippen LogP contribution in [-0.2, 0) is 16.6 Å². The van der Waals surface area contributed by atoms with E-state index in [9.17, 15) is 14.7 Å². The van der Waals surface area contributed by atoms with Crippen LogP contribution in [0.2, 0.25) is 0 Å². The van der Waals surface area contributed by atoms with E-state index >= 15 is 0 Å². The number of hydrogen-bond donors (Lipinski definition) is 1. The number of carbonyl (C=O) groups excluding carboxylic acids is 2. The number of likely N-dealkylation sites (tertiary alicyclic amines) is 2. The molecule has 0 aromatic heterocycles. The van der Waals surface area contributed by atoms with Crippen LogP contribution in [0.3, 0.4) is 0 Å². The van der Waals surface area contributed by atoms with Crippen molar-refractivity contribution in [1.29, 1.82) is 0 Å². The molecule has 0 saturated carbocycles. The van der Waals surface area contributed by atoms with E-state index in [-0.39, 0.29) is 34.7 Å². The maximum atomic E-state index is 13.9. The minimum absolute atomic E-state index is 0.0396. The van der Waals surface area contributed by atoms with Crippen molar-refractivity contribution in [2.24, 2.45) is 5.41 Å². The lowest BCUT2D eigenvalue weighted by Gasteiger charge is -2.60. The molecule has 3 aliphatic rings. The molecule has 0 unspecified atom stereocenters. The summed E-state index contributed by atoms with van der Waals surface area (Å²) in [5.74, 6) is 0.225. The zero-order valence-corrected chi connectivity index (χ0v) is 21.2. The van der Waals surface area contributed by atoms with Crippen LogP contribution in [0, 0.1) is 5.41 Å². The first kappa shape index (κ1) is 23.9. The highest BCUT2D eigenvalue weighted by atomic mass is 16.5. The van der Waals surface area contributed by atoms with E-state index in [1.54, 1.807) is 25.3 Å². The summed E-state index contributed by atoms with van der Waals surface area (Å²) in [6, 6.07) is 13.0. The average Bonchev–Trinajstić information content (AvgIpc) is 3.30. The second-order valence-electron chi connectivity index (χ2n) is 11.2. The van der Waals surface area contributed by atoms with Gasteiger partial charge in [0.2, 0.25) is 0 Å². The molecule has 5 rings (SSSR count). The number of nitrogens with zero attached hydrogens (tertiary/aromatic N) is 2. The Morgan fingerprint density at radius 3 is 2.43 bits per heavy atom. The summed E-state index contributed by atoms with van der Waals surface area (Å²) in [5.41, 5.74) is 2.95. The standard InChI is InChI=1S/C29H36N2O4/c1-28(2)25-17-22-23(11-6-12-24(22)32)29(28,3)13-15-31(25)27(34)20-9-5-8-19(16-20)26(33)30-14-7-10-21(30)18-35-4/h5-6,8-9,11-12,16,21,25,32H,7,10,13-15,17-18H2,1-4H3/t21-,25-,29+/m1/s1. The lowest BCUT2D eigenvalue weighted by molar-refractivity contribution is -0.0266. The zero-order chi connectivity index (χ0) is 25.0. The first-order chi connectivity index (χ1) is 16.7. The molecule has 186 valence electrons. The third-order valence-corrected chi connectivity index (χ3v) is 9.24. The topological polar surface area (TPSA) is 70.1 Å². The third kappa shape index (κ3) is 3.65. The SMILES string of the molecule is COC[C@H]1CCCN1C(=O)c1cccc(C(=O)N2CC[C@@]3(C)c4cccc(O)c4C[C@@H]2C3(C)C)c1. The van der Waals surface area contributed by atoms with Gasteiger partial charge in [-0.15, -0.1) is 0 Å². The van der Waals surface area contributed by atoms with Gasteiger partial charge in [0.25, 0.3) is 11.8 Å². The van der Waals surface area contributed by atoms with Gasteiger partial charge in [-0.1, -0.05) is 39.0 Å². The van der Waals surface area contributed by atoms with Crippen molar-refractivity contribution < 1.29 is 19.4 Å². The molecule has 2 aliphatic heterocycles. The molecule has 2 heterocycles. The number of ether oxygens (including phenoxy) is 1. The summed E-state index contributed by atoms with van der Waals surface area (Å²) >= 11 is 0. The summed E-state index contributed by atoms with van der Waals surface area (Å²) in [5, 5.41) is 10.6. The molecule has 2 fully saturated rings.